The number of nitrogens with one attached hydrogen (secondary N) is 1. The first-order valence-corrected chi connectivity index (χ1v) is 9.92. The van der Waals surface area contributed by atoms with Crippen molar-refractivity contribution in [3.63, 3.8) is 0 Å². The van der Waals surface area contributed by atoms with Gasteiger partial charge in [-0.2, -0.15) is 4.31 Å². The Morgan fingerprint density at radius 3 is 2.54 bits per heavy atom. The third-order valence-corrected chi connectivity index (χ3v) is 6.43. The van der Waals surface area contributed by atoms with Crippen molar-refractivity contribution in [2.75, 3.05) is 37.8 Å². The molecular weight excluding hydrogens is 330 g/mol. The fourth-order valence-corrected chi connectivity index (χ4v) is 4.23. The summed E-state index contributed by atoms with van der Waals surface area (Å²) in [6.07, 6.45) is 2.48. The molecule has 0 aromatic carbocycles. The van der Waals surface area contributed by atoms with Gasteiger partial charge in [-0.25, -0.2) is 18.4 Å². The van der Waals surface area contributed by atoms with Gasteiger partial charge in [0.25, 0.3) is 5.91 Å². The molecule has 1 saturated heterocycles. The lowest BCUT2D eigenvalue weighted by Gasteiger charge is -2.29. The van der Waals surface area contributed by atoms with E-state index in [2.05, 4.69) is 15.3 Å². The molecule has 2 aliphatic heterocycles. The molecule has 0 atom stereocenters. The number of carbonyl (C=O) groups excluding carboxylic acids is 1. The van der Waals surface area contributed by atoms with Crippen molar-refractivity contribution in [3.8, 4) is 0 Å². The van der Waals surface area contributed by atoms with Gasteiger partial charge in [0.05, 0.1) is 11.4 Å². The van der Waals surface area contributed by atoms with Crippen LogP contribution >= 0.6 is 0 Å². The molecule has 0 aliphatic carbocycles. The quantitative estimate of drug-likeness (QED) is 0.845. The summed E-state index contributed by atoms with van der Waals surface area (Å²) in [7, 11) is -1.59. The molecule has 0 bridgehead atoms. The van der Waals surface area contributed by atoms with Gasteiger partial charge in [-0.15, -0.1) is 0 Å². The predicted molar refractivity (Wildman–Crippen MR) is 90.3 cm³/mol. The van der Waals surface area contributed by atoms with E-state index in [0.29, 0.717) is 30.2 Å². The highest BCUT2D eigenvalue weighted by atomic mass is 32.2. The van der Waals surface area contributed by atoms with E-state index < -0.39 is 10.0 Å². The van der Waals surface area contributed by atoms with Crippen LogP contribution in [0.4, 0.5) is 5.95 Å². The van der Waals surface area contributed by atoms with Crippen molar-refractivity contribution in [2.45, 2.75) is 32.7 Å². The summed E-state index contributed by atoms with van der Waals surface area (Å²) in [4.78, 5) is 23.4. The molecule has 0 unspecified atom stereocenters. The normalized spacial score (nSPS) is 18.5. The van der Waals surface area contributed by atoms with Gasteiger partial charge in [-0.05, 0) is 19.8 Å². The van der Waals surface area contributed by atoms with Gasteiger partial charge in [-0.1, -0.05) is 0 Å². The van der Waals surface area contributed by atoms with E-state index in [1.807, 2.05) is 0 Å². The van der Waals surface area contributed by atoms with E-state index in [1.54, 1.807) is 18.9 Å². The lowest BCUT2D eigenvalue weighted by Crippen LogP contribution is -2.39. The largest absolute Gasteiger partial charge is 0.357 e. The summed E-state index contributed by atoms with van der Waals surface area (Å²) in [6.45, 7) is 3.64. The highest BCUT2D eigenvalue weighted by Crippen LogP contribution is 2.25. The summed E-state index contributed by atoms with van der Waals surface area (Å²) in [6, 6.07) is 0. The average Bonchev–Trinajstić information content (AvgIpc) is 3.14. The van der Waals surface area contributed by atoms with Crippen molar-refractivity contribution in [1.29, 1.82) is 0 Å². The Bertz CT molecular complexity index is 744. The van der Waals surface area contributed by atoms with Crippen molar-refractivity contribution >= 4 is 21.9 Å². The summed E-state index contributed by atoms with van der Waals surface area (Å²) in [5.74, 6) is 0.328. The zero-order valence-corrected chi connectivity index (χ0v) is 14.9. The molecule has 24 heavy (non-hydrogen) atoms. The number of aromatic nitrogens is 2. The van der Waals surface area contributed by atoms with Crippen LogP contribution in [0.5, 0.6) is 0 Å². The molecule has 3 heterocycles. The monoisotopic (exact) mass is 353 g/mol. The SMILES string of the molecule is CCS(=O)(=O)N1CCc2nc(NC)nc(C(=O)N3CCCC3)c2C1. The maximum Gasteiger partial charge on any atom is 0.273 e. The van der Waals surface area contributed by atoms with E-state index in [1.165, 1.54) is 4.31 Å². The zero-order chi connectivity index (χ0) is 17.3. The molecular formula is C15H23N5O3S. The molecule has 8 nitrogen and oxygen atoms in total. The van der Waals surface area contributed by atoms with E-state index in [4.69, 9.17) is 0 Å². The summed E-state index contributed by atoms with van der Waals surface area (Å²) < 4.78 is 25.8. The van der Waals surface area contributed by atoms with Crippen LogP contribution in [0.15, 0.2) is 0 Å². The average molecular weight is 353 g/mol. The number of hydrogen-bond acceptors (Lipinski definition) is 6. The number of likely N-dealkylation sites (tertiary alicyclic amines) is 1. The van der Waals surface area contributed by atoms with E-state index in [9.17, 15) is 13.2 Å². The van der Waals surface area contributed by atoms with Gasteiger partial charge in [0.2, 0.25) is 16.0 Å². The minimum absolute atomic E-state index is 0.0488. The highest BCUT2D eigenvalue weighted by Gasteiger charge is 2.32. The van der Waals surface area contributed by atoms with Crippen LogP contribution in [-0.2, 0) is 23.0 Å². The molecule has 132 valence electrons. The molecule has 0 spiro atoms. The first-order valence-electron chi connectivity index (χ1n) is 8.31. The maximum atomic E-state index is 12.9. The van der Waals surface area contributed by atoms with Gasteiger partial charge in [0, 0.05) is 45.2 Å². The Morgan fingerprint density at radius 2 is 1.92 bits per heavy atom. The third-order valence-electron chi connectivity index (χ3n) is 4.60. The molecule has 3 rings (SSSR count). The second-order valence-electron chi connectivity index (χ2n) is 6.05. The lowest BCUT2D eigenvalue weighted by molar-refractivity contribution is 0.0784. The standard InChI is InChI=1S/C15H23N5O3S/c1-3-24(22,23)20-9-6-12-11(10-20)13(18-15(16-2)17-12)14(21)19-7-4-5-8-19/h3-10H2,1-2H3,(H,16,17,18). The number of rotatable bonds is 4. The summed E-state index contributed by atoms with van der Waals surface area (Å²) in [5, 5.41) is 2.89. The van der Waals surface area contributed by atoms with E-state index >= 15 is 0 Å². The molecule has 1 amide bonds. The fourth-order valence-electron chi connectivity index (χ4n) is 3.17. The maximum absolute atomic E-state index is 12.9. The van der Waals surface area contributed by atoms with Crippen LogP contribution in [0.2, 0.25) is 0 Å². The number of anilines is 1. The first-order chi connectivity index (χ1) is 11.5. The molecule has 1 N–H and O–H groups in total. The molecule has 9 heteroatoms. The second-order valence-corrected chi connectivity index (χ2v) is 8.31. The van der Waals surface area contributed by atoms with Gasteiger partial charge in [0.1, 0.15) is 5.69 Å². The van der Waals surface area contributed by atoms with Crippen molar-refractivity contribution in [2.24, 2.45) is 0 Å². The Hall–Kier alpha value is -1.74. The van der Waals surface area contributed by atoms with Crippen LogP contribution in [0.3, 0.4) is 0 Å². The molecule has 0 saturated carbocycles. The Labute approximate surface area is 142 Å². The minimum Gasteiger partial charge on any atom is -0.357 e. The smallest absolute Gasteiger partial charge is 0.273 e. The van der Waals surface area contributed by atoms with Crippen molar-refractivity contribution < 1.29 is 13.2 Å². The number of fused-ring (bicyclic) bond motifs is 1. The van der Waals surface area contributed by atoms with Crippen LogP contribution in [0, 0.1) is 0 Å². The number of amides is 1. The van der Waals surface area contributed by atoms with Crippen LogP contribution < -0.4 is 5.32 Å². The van der Waals surface area contributed by atoms with Crippen LogP contribution in [-0.4, -0.2) is 65.9 Å². The molecule has 1 fully saturated rings. The molecule has 0 radical (unpaired) electrons. The third kappa shape index (κ3) is 3.10. The predicted octanol–water partition coefficient (Wildman–Crippen LogP) is 0.462. The van der Waals surface area contributed by atoms with Gasteiger partial charge < -0.3 is 10.2 Å². The summed E-state index contributed by atoms with van der Waals surface area (Å²) >= 11 is 0. The number of carbonyl (C=O) groups is 1. The lowest BCUT2D eigenvalue weighted by atomic mass is 10.0. The van der Waals surface area contributed by atoms with Crippen molar-refractivity contribution in [3.05, 3.63) is 17.0 Å². The van der Waals surface area contributed by atoms with Gasteiger partial charge in [0.15, 0.2) is 0 Å². The Morgan fingerprint density at radius 1 is 1.21 bits per heavy atom. The van der Waals surface area contributed by atoms with E-state index in [0.717, 1.165) is 31.6 Å². The van der Waals surface area contributed by atoms with E-state index in [-0.39, 0.29) is 18.2 Å². The fraction of sp³-hybridized carbons (Fsp3) is 0.667. The minimum atomic E-state index is -3.30. The first kappa shape index (κ1) is 17.1. The summed E-state index contributed by atoms with van der Waals surface area (Å²) in [5.41, 5.74) is 1.75. The number of sulfonamides is 1. The highest BCUT2D eigenvalue weighted by molar-refractivity contribution is 7.89. The zero-order valence-electron chi connectivity index (χ0n) is 14.1. The van der Waals surface area contributed by atoms with Crippen molar-refractivity contribution in [1.82, 2.24) is 19.2 Å². The van der Waals surface area contributed by atoms with Gasteiger partial charge in [-0.3, -0.25) is 4.79 Å². The molecule has 2 aliphatic rings. The van der Waals surface area contributed by atoms with Gasteiger partial charge >= 0.3 is 0 Å². The van der Waals surface area contributed by atoms with Crippen LogP contribution in [0.1, 0.15) is 41.5 Å². The van der Waals surface area contributed by atoms with Crippen LogP contribution in [0.25, 0.3) is 0 Å². The Balaban J connectivity index is 2.01. The second kappa shape index (κ2) is 6.64. The number of hydrogen-bond donors (Lipinski definition) is 1. The topological polar surface area (TPSA) is 95.5 Å². The molecule has 1 aromatic heterocycles. The number of nitrogens with zero attached hydrogens (tertiary/aromatic N) is 4. The Kier molecular flexibility index (Phi) is 4.73. The molecule has 1 aromatic rings.